The van der Waals surface area contributed by atoms with Crippen LogP contribution >= 0.6 is 0 Å². The number of benzene rings is 1. The number of hydrogen-bond donors (Lipinski definition) is 0. The van der Waals surface area contributed by atoms with Gasteiger partial charge in [0.15, 0.2) is 0 Å². The molecule has 1 atom stereocenters. The van der Waals surface area contributed by atoms with E-state index < -0.39 is 0 Å². The first-order valence-corrected chi connectivity index (χ1v) is 6.61. The van der Waals surface area contributed by atoms with Crippen LogP contribution in [0.3, 0.4) is 0 Å². The summed E-state index contributed by atoms with van der Waals surface area (Å²) in [6.45, 7) is 14.2. The molecule has 0 spiro atoms. The van der Waals surface area contributed by atoms with Crippen molar-refractivity contribution >= 4 is 0 Å². The summed E-state index contributed by atoms with van der Waals surface area (Å²) >= 11 is 0. The van der Waals surface area contributed by atoms with Gasteiger partial charge >= 0.3 is 0 Å². The highest BCUT2D eigenvalue weighted by atomic mass is 15.3. The van der Waals surface area contributed by atoms with Crippen LogP contribution in [0.2, 0.25) is 0 Å². The third kappa shape index (κ3) is 2.40. The molecular formula is C16H25N. The maximum atomic E-state index is 2.60. The first-order chi connectivity index (χ1) is 7.82. The topological polar surface area (TPSA) is 3.24 Å². The standard InChI is InChI=1S/C16H25N/c1-15(2,3)14-12-17(16(14,4)5)11-13-9-7-6-8-10-13/h6-10,14H,11-12H2,1-5H3. The molecule has 1 fully saturated rings. The number of likely N-dealkylation sites (tertiary alicyclic amines) is 1. The van der Waals surface area contributed by atoms with Gasteiger partial charge in [0.25, 0.3) is 0 Å². The first kappa shape index (κ1) is 12.6. The lowest BCUT2D eigenvalue weighted by molar-refractivity contribution is -0.112. The summed E-state index contributed by atoms with van der Waals surface area (Å²) in [5.41, 5.74) is 2.16. The van der Waals surface area contributed by atoms with E-state index in [1.807, 2.05) is 0 Å². The van der Waals surface area contributed by atoms with Crippen LogP contribution in [-0.4, -0.2) is 17.0 Å². The third-order valence-corrected chi connectivity index (χ3v) is 4.33. The van der Waals surface area contributed by atoms with Crippen molar-refractivity contribution in [3.8, 4) is 0 Å². The summed E-state index contributed by atoms with van der Waals surface area (Å²) in [5.74, 6) is 0.790. The van der Waals surface area contributed by atoms with Crippen molar-refractivity contribution in [3.63, 3.8) is 0 Å². The molecule has 0 radical (unpaired) electrons. The molecule has 1 aliphatic rings. The molecule has 1 aromatic carbocycles. The molecule has 0 bridgehead atoms. The van der Waals surface area contributed by atoms with Gasteiger partial charge in [-0.3, -0.25) is 4.90 Å². The summed E-state index contributed by atoms with van der Waals surface area (Å²) in [7, 11) is 0. The molecule has 1 nitrogen and oxygen atoms in total. The zero-order chi connectivity index (χ0) is 12.7. The van der Waals surface area contributed by atoms with Crippen molar-refractivity contribution in [3.05, 3.63) is 35.9 Å². The lowest BCUT2D eigenvalue weighted by Crippen LogP contribution is -2.66. The van der Waals surface area contributed by atoms with Crippen LogP contribution in [0.4, 0.5) is 0 Å². The lowest BCUT2D eigenvalue weighted by Gasteiger charge is -2.60. The molecule has 1 heteroatoms. The maximum absolute atomic E-state index is 2.60. The molecule has 0 N–H and O–H groups in total. The summed E-state index contributed by atoms with van der Waals surface area (Å²) in [4.78, 5) is 2.60. The highest BCUT2D eigenvalue weighted by molar-refractivity contribution is 5.17. The van der Waals surface area contributed by atoms with Gasteiger partial charge in [0.1, 0.15) is 0 Å². The van der Waals surface area contributed by atoms with Crippen LogP contribution in [0, 0.1) is 11.3 Å². The molecule has 0 amide bonds. The summed E-state index contributed by atoms with van der Waals surface area (Å²) in [6, 6.07) is 10.8. The molecule has 17 heavy (non-hydrogen) atoms. The minimum Gasteiger partial charge on any atom is -0.293 e. The zero-order valence-electron chi connectivity index (χ0n) is 11.8. The van der Waals surface area contributed by atoms with Crippen LogP contribution in [0.25, 0.3) is 0 Å². The minimum absolute atomic E-state index is 0.327. The maximum Gasteiger partial charge on any atom is 0.0239 e. The van der Waals surface area contributed by atoms with Gasteiger partial charge in [0, 0.05) is 18.6 Å². The number of nitrogens with zero attached hydrogens (tertiary/aromatic N) is 1. The smallest absolute Gasteiger partial charge is 0.0239 e. The lowest BCUT2D eigenvalue weighted by atomic mass is 9.63. The summed E-state index contributed by atoms with van der Waals surface area (Å²) < 4.78 is 0. The Balaban J connectivity index is 2.03. The molecule has 1 unspecified atom stereocenters. The fourth-order valence-electron chi connectivity index (χ4n) is 3.19. The van der Waals surface area contributed by atoms with Crippen molar-refractivity contribution in [2.45, 2.75) is 46.7 Å². The largest absolute Gasteiger partial charge is 0.293 e. The van der Waals surface area contributed by atoms with Crippen LogP contribution in [0.15, 0.2) is 30.3 Å². The van der Waals surface area contributed by atoms with E-state index in [0.29, 0.717) is 11.0 Å². The Kier molecular flexibility index (Phi) is 3.07. The van der Waals surface area contributed by atoms with Gasteiger partial charge in [0.05, 0.1) is 0 Å². The van der Waals surface area contributed by atoms with Crippen molar-refractivity contribution < 1.29 is 0 Å². The van der Waals surface area contributed by atoms with E-state index in [9.17, 15) is 0 Å². The molecule has 1 aliphatic heterocycles. The molecule has 94 valence electrons. The zero-order valence-corrected chi connectivity index (χ0v) is 11.8. The van der Waals surface area contributed by atoms with Crippen molar-refractivity contribution in [2.24, 2.45) is 11.3 Å². The number of hydrogen-bond acceptors (Lipinski definition) is 1. The molecule has 1 heterocycles. The predicted octanol–water partition coefficient (Wildman–Crippen LogP) is 3.94. The molecule has 0 saturated carbocycles. The molecule has 0 aliphatic carbocycles. The second-order valence-electron chi connectivity index (χ2n) is 6.94. The molecule has 0 aromatic heterocycles. The van der Waals surface area contributed by atoms with Gasteiger partial charge < -0.3 is 0 Å². The monoisotopic (exact) mass is 231 g/mol. The molecule has 1 aromatic rings. The Bertz CT molecular complexity index is 372. The van der Waals surface area contributed by atoms with E-state index in [2.05, 4.69) is 69.9 Å². The molecule has 1 saturated heterocycles. The Morgan fingerprint density at radius 2 is 1.76 bits per heavy atom. The Morgan fingerprint density at radius 3 is 2.24 bits per heavy atom. The summed E-state index contributed by atoms with van der Waals surface area (Å²) in [5, 5.41) is 0. The second kappa shape index (κ2) is 4.13. The van der Waals surface area contributed by atoms with E-state index in [1.54, 1.807) is 0 Å². The van der Waals surface area contributed by atoms with Gasteiger partial charge in [-0.2, -0.15) is 0 Å². The van der Waals surface area contributed by atoms with E-state index in [0.717, 1.165) is 12.5 Å². The van der Waals surface area contributed by atoms with E-state index in [-0.39, 0.29) is 0 Å². The van der Waals surface area contributed by atoms with Crippen molar-refractivity contribution in [2.75, 3.05) is 6.54 Å². The second-order valence-corrected chi connectivity index (χ2v) is 6.94. The van der Waals surface area contributed by atoms with Crippen LogP contribution in [0.1, 0.15) is 40.2 Å². The average molecular weight is 231 g/mol. The summed E-state index contributed by atoms with van der Waals surface area (Å²) in [6.07, 6.45) is 0. The fourth-order valence-corrected chi connectivity index (χ4v) is 3.19. The highest BCUT2D eigenvalue weighted by Crippen LogP contribution is 2.46. The predicted molar refractivity (Wildman–Crippen MR) is 73.9 cm³/mol. The number of rotatable bonds is 2. The van der Waals surface area contributed by atoms with Crippen LogP contribution in [-0.2, 0) is 6.54 Å². The third-order valence-electron chi connectivity index (χ3n) is 4.33. The fraction of sp³-hybridized carbons (Fsp3) is 0.625. The van der Waals surface area contributed by atoms with Gasteiger partial charge in [-0.1, -0.05) is 51.1 Å². The van der Waals surface area contributed by atoms with Crippen LogP contribution in [0.5, 0.6) is 0 Å². The molecular weight excluding hydrogens is 206 g/mol. The normalized spacial score (nSPS) is 24.4. The van der Waals surface area contributed by atoms with Crippen LogP contribution < -0.4 is 0 Å². The average Bonchev–Trinajstić information content (AvgIpc) is 2.23. The van der Waals surface area contributed by atoms with E-state index in [4.69, 9.17) is 0 Å². The van der Waals surface area contributed by atoms with Gasteiger partial charge in [-0.25, -0.2) is 0 Å². The van der Waals surface area contributed by atoms with Gasteiger partial charge in [-0.05, 0) is 30.7 Å². The quantitative estimate of drug-likeness (QED) is 0.745. The highest BCUT2D eigenvalue weighted by Gasteiger charge is 2.50. The van der Waals surface area contributed by atoms with Gasteiger partial charge in [-0.15, -0.1) is 0 Å². The molecule has 2 rings (SSSR count). The van der Waals surface area contributed by atoms with Crippen molar-refractivity contribution in [1.82, 2.24) is 4.90 Å². The Hall–Kier alpha value is -0.820. The van der Waals surface area contributed by atoms with Gasteiger partial charge in [0.2, 0.25) is 0 Å². The Morgan fingerprint density at radius 1 is 1.18 bits per heavy atom. The first-order valence-electron chi connectivity index (χ1n) is 6.61. The van der Waals surface area contributed by atoms with Crippen molar-refractivity contribution in [1.29, 1.82) is 0 Å². The SMILES string of the molecule is CC(C)(C)C1CN(Cc2ccccc2)C1(C)C. The Labute approximate surface area is 106 Å². The van der Waals surface area contributed by atoms with E-state index in [1.165, 1.54) is 12.1 Å². The minimum atomic E-state index is 0.327. The van der Waals surface area contributed by atoms with E-state index >= 15 is 0 Å².